The van der Waals surface area contributed by atoms with Crippen molar-refractivity contribution in [3.05, 3.63) is 0 Å². The van der Waals surface area contributed by atoms with Crippen molar-refractivity contribution in [2.24, 2.45) is 23.7 Å². The van der Waals surface area contributed by atoms with Gasteiger partial charge in [-0.2, -0.15) is 47.0 Å². The maximum absolute atomic E-state index is 13.1. The van der Waals surface area contributed by atoms with Gasteiger partial charge in [0, 0.05) is 127 Å². The Morgan fingerprint density at radius 1 is 0.361 bits per heavy atom. The quantitative estimate of drug-likeness (QED) is 0.0435. The number of likely N-dealkylation sites (N-methyl/N-ethyl adjacent to an activating group) is 1. The van der Waals surface area contributed by atoms with E-state index in [4.69, 9.17) is 0 Å². The lowest BCUT2D eigenvalue weighted by Crippen LogP contribution is -2.41. The molecule has 0 aliphatic rings. The van der Waals surface area contributed by atoms with Crippen LogP contribution in [0.4, 0.5) is 0 Å². The average molecular weight is 1090 g/mol. The highest BCUT2D eigenvalue weighted by Crippen LogP contribution is 2.21. The minimum atomic E-state index is 0.0686. The molecule has 0 spiro atoms. The number of amides is 4. The van der Waals surface area contributed by atoms with Crippen LogP contribution < -0.4 is 21.3 Å². The summed E-state index contributed by atoms with van der Waals surface area (Å²) in [4.78, 5) is 59.0. The van der Waals surface area contributed by atoms with Crippen molar-refractivity contribution in [1.29, 1.82) is 0 Å². The molecule has 4 amide bonds. The molecule has 0 aliphatic heterocycles. The lowest BCUT2D eigenvalue weighted by Gasteiger charge is -2.28. The zero-order valence-corrected chi connectivity index (χ0v) is 51.5. The molecular formula is C57H115N7O4S4. The molecule has 0 aromatic carbocycles. The standard InChI is InChI=1S/C57H115N7O4S4/c1-10-18-22-50(14-5)46-69-42-30-58-54(65)26-34-63(35-27-55(66)59-31-43-70-47-51(15-6)23-19-11-2)40-38-62(9)39-41-64(36-28-56(67)60-32-44-71-48-52(16-7)24-20-12-3)37-29-57(68)61-33-45-72-49-53(17-8)25-21-13-4/h50-53H,10-49H2,1-9H3,(H,58,65)(H,59,66)(H,60,67)(H,61,68). The van der Waals surface area contributed by atoms with Crippen LogP contribution in [-0.4, -0.2) is 170 Å². The number of hydrogen-bond acceptors (Lipinski definition) is 11. The minimum Gasteiger partial charge on any atom is -0.355 e. The number of carbonyl (C=O) groups excluding carboxylic acids is 4. The van der Waals surface area contributed by atoms with Gasteiger partial charge in [0.05, 0.1) is 0 Å². The Kier molecular flexibility index (Phi) is 51.6. The van der Waals surface area contributed by atoms with Crippen LogP contribution in [0.5, 0.6) is 0 Å². The number of nitrogens with one attached hydrogen (secondary N) is 4. The molecule has 4 unspecified atom stereocenters. The van der Waals surface area contributed by atoms with Crippen LogP contribution in [0.15, 0.2) is 0 Å². The lowest BCUT2D eigenvalue weighted by atomic mass is 10.0. The second kappa shape index (κ2) is 52.2. The first-order valence-electron chi connectivity index (χ1n) is 29.5. The van der Waals surface area contributed by atoms with Crippen molar-refractivity contribution >= 4 is 70.7 Å². The molecule has 0 saturated heterocycles. The van der Waals surface area contributed by atoms with Crippen molar-refractivity contribution in [3.8, 4) is 0 Å². The second-order valence-electron chi connectivity index (χ2n) is 20.4. The highest BCUT2D eigenvalue weighted by atomic mass is 32.2. The maximum atomic E-state index is 13.1. The van der Waals surface area contributed by atoms with E-state index < -0.39 is 0 Å². The summed E-state index contributed by atoms with van der Waals surface area (Å²) in [7, 11) is 2.12. The molecule has 0 aromatic heterocycles. The smallest absolute Gasteiger partial charge is 0.221 e. The fraction of sp³-hybridized carbons (Fsp3) is 0.930. The van der Waals surface area contributed by atoms with Crippen molar-refractivity contribution in [2.75, 3.05) is 132 Å². The third kappa shape index (κ3) is 44.3. The Morgan fingerprint density at radius 2 is 0.597 bits per heavy atom. The summed E-state index contributed by atoms with van der Waals surface area (Å²) in [5.41, 5.74) is 0. The summed E-state index contributed by atoms with van der Waals surface area (Å²) in [6.07, 6.45) is 21.8. The van der Waals surface area contributed by atoms with Crippen molar-refractivity contribution in [2.45, 2.75) is 184 Å². The third-order valence-electron chi connectivity index (χ3n) is 14.1. The normalized spacial score (nSPS) is 13.4. The summed E-state index contributed by atoms with van der Waals surface area (Å²) in [6, 6.07) is 0. The summed E-state index contributed by atoms with van der Waals surface area (Å²) < 4.78 is 0. The van der Waals surface area contributed by atoms with E-state index in [1.165, 1.54) is 103 Å². The van der Waals surface area contributed by atoms with Gasteiger partial charge in [0.1, 0.15) is 0 Å². The number of hydrogen-bond donors (Lipinski definition) is 4. The van der Waals surface area contributed by atoms with E-state index in [0.717, 1.165) is 95.9 Å². The van der Waals surface area contributed by atoms with Gasteiger partial charge in [-0.3, -0.25) is 19.2 Å². The molecule has 426 valence electrons. The first-order valence-corrected chi connectivity index (χ1v) is 34.1. The Hall–Kier alpha value is -0.840. The zero-order valence-electron chi connectivity index (χ0n) is 48.2. The Bertz CT molecular complexity index is 1100. The van der Waals surface area contributed by atoms with Gasteiger partial charge in [0.25, 0.3) is 0 Å². The van der Waals surface area contributed by atoms with Gasteiger partial charge >= 0.3 is 0 Å². The number of carbonyl (C=O) groups is 4. The number of rotatable bonds is 54. The van der Waals surface area contributed by atoms with E-state index in [1.807, 2.05) is 47.0 Å². The molecule has 0 radical (unpaired) electrons. The van der Waals surface area contributed by atoms with Gasteiger partial charge in [-0.1, -0.05) is 132 Å². The van der Waals surface area contributed by atoms with Gasteiger partial charge in [0.15, 0.2) is 0 Å². The molecule has 0 bridgehead atoms. The van der Waals surface area contributed by atoms with E-state index in [1.54, 1.807) is 0 Å². The Labute approximate surface area is 462 Å². The molecular weight excluding hydrogens is 975 g/mol. The van der Waals surface area contributed by atoms with E-state index in [0.29, 0.717) is 78.0 Å². The van der Waals surface area contributed by atoms with Crippen LogP contribution in [-0.2, 0) is 19.2 Å². The van der Waals surface area contributed by atoms with Crippen molar-refractivity contribution in [1.82, 2.24) is 36.0 Å². The molecule has 15 heteroatoms. The molecule has 0 aromatic rings. The lowest BCUT2D eigenvalue weighted by molar-refractivity contribution is -0.123. The fourth-order valence-electron chi connectivity index (χ4n) is 8.44. The van der Waals surface area contributed by atoms with Gasteiger partial charge in [-0.05, 0) is 79.4 Å². The monoisotopic (exact) mass is 1090 g/mol. The van der Waals surface area contributed by atoms with E-state index >= 15 is 0 Å². The van der Waals surface area contributed by atoms with Gasteiger partial charge in [-0.25, -0.2) is 0 Å². The third-order valence-corrected chi connectivity index (χ3v) is 18.9. The van der Waals surface area contributed by atoms with Crippen LogP contribution in [0, 0.1) is 23.7 Å². The predicted octanol–water partition coefficient (Wildman–Crippen LogP) is 11.3. The van der Waals surface area contributed by atoms with Crippen LogP contribution in [0.25, 0.3) is 0 Å². The van der Waals surface area contributed by atoms with E-state index in [9.17, 15) is 19.2 Å². The molecule has 4 atom stereocenters. The summed E-state index contributed by atoms with van der Waals surface area (Å²) in [5, 5.41) is 12.6. The minimum absolute atomic E-state index is 0.0686. The average Bonchev–Trinajstić information content (AvgIpc) is 3.38. The van der Waals surface area contributed by atoms with Crippen molar-refractivity contribution < 1.29 is 19.2 Å². The first kappa shape index (κ1) is 71.2. The van der Waals surface area contributed by atoms with Crippen LogP contribution >= 0.6 is 47.0 Å². The molecule has 4 N–H and O–H groups in total. The zero-order chi connectivity index (χ0) is 53.3. The molecule has 72 heavy (non-hydrogen) atoms. The summed E-state index contributed by atoms with van der Waals surface area (Å²) in [5.74, 6) is 11.7. The van der Waals surface area contributed by atoms with E-state index in [-0.39, 0.29) is 23.6 Å². The number of thioether (sulfide) groups is 4. The second-order valence-corrected chi connectivity index (χ2v) is 25.0. The summed E-state index contributed by atoms with van der Waals surface area (Å²) in [6.45, 7) is 26.3. The Morgan fingerprint density at radius 3 is 0.806 bits per heavy atom. The van der Waals surface area contributed by atoms with Gasteiger partial charge in [0.2, 0.25) is 23.6 Å². The SMILES string of the molecule is CCCCC(CC)CSCCNC(=O)CCN(CCC(=O)NCCSCC(CC)CCCC)CCN(C)CCN(CCC(=O)NCCSCC(CC)CCCC)CCC(=O)NCCSCC(CC)CCCC. The van der Waals surface area contributed by atoms with Crippen LogP contribution in [0.3, 0.4) is 0 Å². The Balaban J connectivity index is 5.42. The largest absolute Gasteiger partial charge is 0.355 e. The van der Waals surface area contributed by atoms with Crippen molar-refractivity contribution in [3.63, 3.8) is 0 Å². The molecule has 11 nitrogen and oxygen atoms in total. The van der Waals surface area contributed by atoms with E-state index in [2.05, 4.69) is 98.4 Å². The predicted molar refractivity (Wildman–Crippen MR) is 323 cm³/mol. The highest BCUT2D eigenvalue weighted by Gasteiger charge is 2.16. The fourth-order valence-corrected chi connectivity index (χ4v) is 13.0. The maximum Gasteiger partial charge on any atom is 0.221 e. The molecule has 0 rings (SSSR count). The molecule has 0 fully saturated rings. The van der Waals surface area contributed by atoms with Gasteiger partial charge in [-0.15, -0.1) is 0 Å². The van der Waals surface area contributed by atoms with Crippen LogP contribution in [0.2, 0.25) is 0 Å². The number of unbranched alkanes of at least 4 members (excludes halogenated alkanes) is 4. The summed E-state index contributed by atoms with van der Waals surface area (Å²) >= 11 is 7.80. The topological polar surface area (TPSA) is 126 Å². The molecule has 0 aliphatic carbocycles. The number of nitrogens with zero attached hydrogens (tertiary/aromatic N) is 3. The highest BCUT2D eigenvalue weighted by molar-refractivity contribution is 7.99. The molecule has 0 saturated carbocycles. The van der Waals surface area contributed by atoms with Gasteiger partial charge < -0.3 is 36.0 Å². The van der Waals surface area contributed by atoms with Crippen LogP contribution in [0.1, 0.15) is 184 Å². The first-order chi connectivity index (χ1) is 35.0. The molecule has 0 heterocycles.